The van der Waals surface area contributed by atoms with Crippen molar-refractivity contribution in [2.75, 3.05) is 13.2 Å². The molecular formula is C66H127NO8. The fraction of sp³-hybridized carbons (Fsp3) is 0.924. The van der Waals surface area contributed by atoms with Crippen LogP contribution in [0.1, 0.15) is 335 Å². The zero-order chi connectivity index (χ0) is 54.3. The van der Waals surface area contributed by atoms with Crippen LogP contribution in [0.4, 0.5) is 0 Å². The van der Waals surface area contributed by atoms with E-state index in [2.05, 4.69) is 31.3 Å². The summed E-state index contributed by atoms with van der Waals surface area (Å²) < 4.78 is 11.3. The Bertz CT molecular complexity index is 1230. The number of unbranched alkanes of at least 4 members (excludes halogenated alkanes) is 46. The lowest BCUT2D eigenvalue weighted by Crippen LogP contribution is -2.60. The molecule has 1 amide bonds. The van der Waals surface area contributed by atoms with Crippen LogP contribution in [0.2, 0.25) is 0 Å². The van der Waals surface area contributed by atoms with Gasteiger partial charge in [-0.3, -0.25) is 4.79 Å². The standard InChI is InChI=1S/C66H127NO8/c1-3-5-7-9-11-13-15-17-19-21-23-25-27-29-30-31-32-33-35-37-39-41-43-45-47-49-51-53-55-60(69)59(58-74-66-65(73)64(72)63(71)61(57-68)75-66)67-62(70)56-54-52-50-48-46-44-42-40-38-36-34-28-26-24-22-20-18-16-14-12-10-8-6-4-2/h45,47,53,55,59-61,63-66,68-69,71-73H,3-44,46,48-52,54,56-58H2,1-2H3,(H,67,70)/b47-45+,55-53+. The molecule has 1 saturated heterocycles. The van der Waals surface area contributed by atoms with Crippen molar-refractivity contribution in [2.24, 2.45) is 0 Å². The molecule has 6 N–H and O–H groups in total. The van der Waals surface area contributed by atoms with Crippen LogP contribution in [-0.4, -0.2) is 87.5 Å². The Labute approximate surface area is 464 Å². The van der Waals surface area contributed by atoms with Crippen LogP contribution < -0.4 is 5.32 Å². The number of allylic oxidation sites excluding steroid dienone is 3. The summed E-state index contributed by atoms with van der Waals surface area (Å²) in [6.07, 6.45) is 65.6. The summed E-state index contributed by atoms with van der Waals surface area (Å²) in [6.45, 7) is 3.82. The van der Waals surface area contributed by atoms with Gasteiger partial charge in [0, 0.05) is 6.42 Å². The van der Waals surface area contributed by atoms with E-state index in [0.29, 0.717) is 6.42 Å². The van der Waals surface area contributed by atoms with E-state index < -0.39 is 49.5 Å². The molecule has 0 aliphatic carbocycles. The second-order valence-corrected chi connectivity index (χ2v) is 23.3. The minimum Gasteiger partial charge on any atom is -0.394 e. The van der Waals surface area contributed by atoms with Crippen molar-refractivity contribution in [3.8, 4) is 0 Å². The molecule has 0 spiro atoms. The maximum Gasteiger partial charge on any atom is 0.220 e. The molecule has 0 saturated carbocycles. The van der Waals surface area contributed by atoms with Gasteiger partial charge in [-0.05, 0) is 32.1 Å². The van der Waals surface area contributed by atoms with Crippen molar-refractivity contribution < 1.29 is 39.8 Å². The van der Waals surface area contributed by atoms with E-state index in [-0.39, 0.29) is 12.5 Å². The van der Waals surface area contributed by atoms with Crippen molar-refractivity contribution in [3.05, 3.63) is 24.3 Å². The number of aliphatic hydroxyl groups is 5. The van der Waals surface area contributed by atoms with E-state index in [1.807, 2.05) is 6.08 Å². The Morgan fingerprint density at radius 1 is 0.440 bits per heavy atom. The van der Waals surface area contributed by atoms with Crippen LogP contribution in [0, 0.1) is 0 Å². The quantitative estimate of drug-likeness (QED) is 0.0261. The molecule has 75 heavy (non-hydrogen) atoms. The average molecular weight is 1060 g/mol. The molecule has 1 fully saturated rings. The Morgan fingerprint density at radius 2 is 0.760 bits per heavy atom. The molecule has 1 heterocycles. The third-order valence-corrected chi connectivity index (χ3v) is 16.0. The maximum absolute atomic E-state index is 13.1. The number of ether oxygens (including phenoxy) is 2. The third-order valence-electron chi connectivity index (χ3n) is 16.0. The second-order valence-electron chi connectivity index (χ2n) is 23.3. The summed E-state index contributed by atoms with van der Waals surface area (Å²) in [4.78, 5) is 13.1. The predicted molar refractivity (Wildman–Crippen MR) is 318 cm³/mol. The number of carbonyl (C=O) groups is 1. The van der Waals surface area contributed by atoms with Crippen LogP contribution in [0.15, 0.2) is 24.3 Å². The first-order valence-corrected chi connectivity index (χ1v) is 33.1. The lowest BCUT2D eigenvalue weighted by molar-refractivity contribution is -0.302. The fourth-order valence-electron chi connectivity index (χ4n) is 10.8. The van der Waals surface area contributed by atoms with Gasteiger partial charge in [0.05, 0.1) is 25.4 Å². The molecule has 1 aliphatic rings. The largest absolute Gasteiger partial charge is 0.394 e. The number of hydrogen-bond donors (Lipinski definition) is 6. The Hall–Kier alpha value is -1.33. The lowest BCUT2D eigenvalue weighted by atomic mass is 9.99. The van der Waals surface area contributed by atoms with Gasteiger partial charge in [-0.25, -0.2) is 0 Å². The van der Waals surface area contributed by atoms with E-state index in [1.165, 1.54) is 276 Å². The highest BCUT2D eigenvalue weighted by atomic mass is 16.7. The lowest BCUT2D eigenvalue weighted by Gasteiger charge is -2.40. The zero-order valence-corrected chi connectivity index (χ0v) is 49.6. The van der Waals surface area contributed by atoms with Crippen molar-refractivity contribution in [3.63, 3.8) is 0 Å². The zero-order valence-electron chi connectivity index (χ0n) is 49.6. The summed E-state index contributed by atoms with van der Waals surface area (Å²) in [5, 5.41) is 54.7. The summed E-state index contributed by atoms with van der Waals surface area (Å²) in [7, 11) is 0. The molecule has 444 valence electrons. The number of rotatable bonds is 58. The van der Waals surface area contributed by atoms with Gasteiger partial charge in [0.2, 0.25) is 5.91 Å². The fourth-order valence-corrected chi connectivity index (χ4v) is 10.8. The van der Waals surface area contributed by atoms with Crippen molar-refractivity contribution in [2.45, 2.75) is 378 Å². The molecule has 0 aromatic rings. The van der Waals surface area contributed by atoms with Gasteiger partial charge in [0.25, 0.3) is 0 Å². The highest BCUT2D eigenvalue weighted by Gasteiger charge is 2.44. The molecule has 1 rings (SSSR count). The summed E-state index contributed by atoms with van der Waals surface area (Å²) in [5.41, 5.74) is 0. The van der Waals surface area contributed by atoms with E-state index >= 15 is 0 Å². The molecule has 7 atom stereocenters. The molecule has 7 unspecified atom stereocenters. The molecule has 9 nitrogen and oxygen atoms in total. The topological polar surface area (TPSA) is 149 Å². The van der Waals surface area contributed by atoms with Gasteiger partial charge in [-0.1, -0.05) is 321 Å². The molecule has 0 aromatic carbocycles. The minimum atomic E-state index is -1.57. The molecule has 0 aromatic heterocycles. The van der Waals surface area contributed by atoms with Gasteiger partial charge < -0.3 is 40.3 Å². The van der Waals surface area contributed by atoms with Gasteiger partial charge in [0.15, 0.2) is 6.29 Å². The Kier molecular flexibility index (Phi) is 53.5. The molecular weight excluding hydrogens is 935 g/mol. The van der Waals surface area contributed by atoms with Gasteiger partial charge in [-0.2, -0.15) is 0 Å². The van der Waals surface area contributed by atoms with Crippen LogP contribution >= 0.6 is 0 Å². The van der Waals surface area contributed by atoms with Gasteiger partial charge in [0.1, 0.15) is 24.4 Å². The van der Waals surface area contributed by atoms with E-state index in [9.17, 15) is 30.3 Å². The van der Waals surface area contributed by atoms with Crippen LogP contribution in [0.5, 0.6) is 0 Å². The van der Waals surface area contributed by atoms with Gasteiger partial charge in [-0.15, -0.1) is 0 Å². The third kappa shape index (κ3) is 45.1. The summed E-state index contributed by atoms with van der Waals surface area (Å²) in [6, 6.07) is -0.819. The normalized spacial score (nSPS) is 18.9. The number of carbonyl (C=O) groups excluding carboxylic acids is 1. The summed E-state index contributed by atoms with van der Waals surface area (Å²) in [5.74, 6) is -0.179. The Balaban J connectivity index is 2.17. The number of aliphatic hydroxyl groups excluding tert-OH is 5. The SMILES string of the molecule is CCCCCCCCCCCCCCCCCCCCCCCC/C=C/CC/C=C/C(O)C(COC1OC(CO)C(O)C(O)C1O)NC(=O)CCCCCCCCCCCCCCCCCCCCCCCCCC. The monoisotopic (exact) mass is 1060 g/mol. The van der Waals surface area contributed by atoms with Crippen LogP contribution in [0.3, 0.4) is 0 Å². The molecule has 0 bridgehead atoms. The number of nitrogens with one attached hydrogen (secondary N) is 1. The first kappa shape index (κ1) is 71.7. The Morgan fingerprint density at radius 3 is 1.12 bits per heavy atom. The number of hydrogen-bond acceptors (Lipinski definition) is 8. The average Bonchev–Trinajstić information content (AvgIpc) is 3.41. The second kappa shape index (κ2) is 56.0. The van der Waals surface area contributed by atoms with Crippen molar-refractivity contribution >= 4 is 5.91 Å². The van der Waals surface area contributed by atoms with E-state index in [0.717, 1.165) is 38.5 Å². The predicted octanol–water partition coefficient (Wildman–Crippen LogP) is 17.3. The van der Waals surface area contributed by atoms with Crippen molar-refractivity contribution in [1.82, 2.24) is 5.32 Å². The minimum absolute atomic E-state index is 0.179. The molecule has 1 aliphatic heterocycles. The van der Waals surface area contributed by atoms with Crippen LogP contribution in [-0.2, 0) is 14.3 Å². The first-order valence-electron chi connectivity index (χ1n) is 33.1. The molecule has 9 heteroatoms. The van der Waals surface area contributed by atoms with Gasteiger partial charge >= 0.3 is 0 Å². The summed E-state index contributed by atoms with van der Waals surface area (Å²) >= 11 is 0. The maximum atomic E-state index is 13.1. The molecule has 0 radical (unpaired) electrons. The van der Waals surface area contributed by atoms with E-state index in [4.69, 9.17) is 9.47 Å². The van der Waals surface area contributed by atoms with Crippen LogP contribution in [0.25, 0.3) is 0 Å². The smallest absolute Gasteiger partial charge is 0.220 e. The van der Waals surface area contributed by atoms with Crippen molar-refractivity contribution in [1.29, 1.82) is 0 Å². The van der Waals surface area contributed by atoms with E-state index in [1.54, 1.807) is 6.08 Å². The first-order chi connectivity index (χ1) is 36.8. The highest BCUT2D eigenvalue weighted by molar-refractivity contribution is 5.76. The highest BCUT2D eigenvalue weighted by Crippen LogP contribution is 2.23. The number of amides is 1.